The third-order valence-corrected chi connectivity index (χ3v) is 2.68. The van der Waals surface area contributed by atoms with Gasteiger partial charge in [0.05, 0.1) is 18.8 Å². The van der Waals surface area contributed by atoms with Crippen molar-refractivity contribution in [1.29, 1.82) is 0 Å². The molecule has 13 heavy (non-hydrogen) atoms. The molecule has 0 spiro atoms. The van der Waals surface area contributed by atoms with Crippen LogP contribution in [0.15, 0.2) is 18.2 Å². The molecule has 1 heterocycles. The van der Waals surface area contributed by atoms with Crippen molar-refractivity contribution in [3.05, 3.63) is 34.3 Å². The molecule has 0 aromatic heterocycles. The molecule has 0 atom stereocenters. The van der Waals surface area contributed by atoms with Gasteiger partial charge >= 0.3 is 0 Å². The summed E-state index contributed by atoms with van der Waals surface area (Å²) in [5, 5.41) is 0.755. The highest BCUT2D eigenvalue weighted by Gasteiger charge is 2.36. The van der Waals surface area contributed by atoms with Crippen molar-refractivity contribution in [2.75, 3.05) is 13.2 Å². The van der Waals surface area contributed by atoms with Crippen molar-refractivity contribution >= 4 is 11.6 Å². The first-order valence-electron chi connectivity index (χ1n) is 4.25. The largest absolute Gasteiger partial charge is 0.377 e. The Morgan fingerprint density at radius 3 is 2.62 bits per heavy atom. The fourth-order valence-corrected chi connectivity index (χ4v) is 1.89. The Hall–Kier alpha value is -0.570. The van der Waals surface area contributed by atoms with E-state index in [1.807, 2.05) is 25.1 Å². The normalized spacial score (nSPS) is 19.6. The first-order valence-corrected chi connectivity index (χ1v) is 4.63. The molecular weight excluding hydrogens is 186 g/mol. The summed E-state index contributed by atoms with van der Waals surface area (Å²) in [5.41, 5.74) is 8.10. The predicted octanol–water partition coefficient (Wildman–Crippen LogP) is 1.83. The van der Waals surface area contributed by atoms with Gasteiger partial charge in [0.1, 0.15) is 0 Å². The minimum atomic E-state index is -0.283. The van der Waals surface area contributed by atoms with Gasteiger partial charge in [-0.05, 0) is 30.2 Å². The van der Waals surface area contributed by atoms with E-state index in [4.69, 9.17) is 22.1 Å². The first kappa shape index (κ1) is 9.00. The highest BCUT2D eigenvalue weighted by Crippen LogP contribution is 2.30. The van der Waals surface area contributed by atoms with E-state index in [1.54, 1.807) is 0 Å². The second kappa shape index (κ2) is 2.98. The molecule has 0 bridgehead atoms. The molecule has 1 aromatic carbocycles. The van der Waals surface area contributed by atoms with Crippen LogP contribution >= 0.6 is 11.6 Å². The van der Waals surface area contributed by atoms with Crippen LogP contribution in [0.1, 0.15) is 11.1 Å². The molecule has 0 radical (unpaired) electrons. The zero-order valence-electron chi connectivity index (χ0n) is 7.51. The van der Waals surface area contributed by atoms with Crippen LogP contribution in [0.3, 0.4) is 0 Å². The van der Waals surface area contributed by atoms with Crippen LogP contribution in [0.4, 0.5) is 0 Å². The Balaban J connectivity index is 2.40. The maximum absolute atomic E-state index is 6.11. The number of nitrogens with two attached hydrogens (primary N) is 1. The Kier molecular flexibility index (Phi) is 2.06. The molecule has 1 aliphatic heterocycles. The molecule has 0 amide bonds. The lowest BCUT2D eigenvalue weighted by molar-refractivity contribution is -0.0572. The molecule has 0 saturated carbocycles. The van der Waals surface area contributed by atoms with Gasteiger partial charge in [-0.2, -0.15) is 0 Å². The van der Waals surface area contributed by atoms with E-state index in [-0.39, 0.29) is 5.54 Å². The maximum Gasteiger partial charge on any atom is 0.0886 e. The summed E-state index contributed by atoms with van der Waals surface area (Å²) in [7, 11) is 0. The van der Waals surface area contributed by atoms with Crippen LogP contribution in [0.25, 0.3) is 0 Å². The molecule has 1 aliphatic rings. The van der Waals surface area contributed by atoms with E-state index >= 15 is 0 Å². The van der Waals surface area contributed by atoms with Gasteiger partial charge in [0.25, 0.3) is 0 Å². The molecule has 1 fully saturated rings. The lowest BCUT2D eigenvalue weighted by Crippen LogP contribution is -2.54. The molecule has 1 saturated heterocycles. The third-order valence-electron chi connectivity index (χ3n) is 2.44. The molecule has 70 valence electrons. The topological polar surface area (TPSA) is 35.2 Å². The number of rotatable bonds is 1. The summed E-state index contributed by atoms with van der Waals surface area (Å²) in [6.45, 7) is 3.24. The maximum atomic E-state index is 6.11. The minimum Gasteiger partial charge on any atom is -0.377 e. The molecule has 2 N–H and O–H groups in total. The van der Waals surface area contributed by atoms with Gasteiger partial charge in [-0.3, -0.25) is 0 Å². The molecule has 2 rings (SSSR count). The quantitative estimate of drug-likeness (QED) is 0.746. The van der Waals surface area contributed by atoms with Gasteiger partial charge in [-0.25, -0.2) is 0 Å². The first-order chi connectivity index (χ1) is 6.12. The summed E-state index contributed by atoms with van der Waals surface area (Å²) in [6, 6.07) is 5.79. The molecule has 3 heteroatoms. The molecule has 0 unspecified atom stereocenters. The second-order valence-corrected chi connectivity index (χ2v) is 4.04. The molecule has 1 aromatic rings. The van der Waals surface area contributed by atoms with Crippen molar-refractivity contribution in [1.82, 2.24) is 0 Å². The fourth-order valence-electron chi connectivity index (χ4n) is 1.66. The van der Waals surface area contributed by atoms with Gasteiger partial charge in [-0.1, -0.05) is 17.7 Å². The Bertz CT molecular complexity index is 334. The van der Waals surface area contributed by atoms with E-state index in [2.05, 4.69) is 0 Å². The van der Waals surface area contributed by atoms with Crippen molar-refractivity contribution in [3.8, 4) is 0 Å². The van der Waals surface area contributed by atoms with E-state index in [0.717, 1.165) is 16.1 Å². The summed E-state index contributed by atoms with van der Waals surface area (Å²) >= 11 is 5.86. The van der Waals surface area contributed by atoms with Crippen molar-refractivity contribution < 1.29 is 4.74 Å². The lowest BCUT2D eigenvalue weighted by Gasteiger charge is -2.39. The number of aryl methyl sites for hydroxylation is 1. The van der Waals surface area contributed by atoms with Crippen molar-refractivity contribution in [2.45, 2.75) is 12.5 Å². The predicted molar refractivity (Wildman–Crippen MR) is 52.9 cm³/mol. The van der Waals surface area contributed by atoms with Crippen molar-refractivity contribution in [2.24, 2.45) is 5.73 Å². The zero-order valence-corrected chi connectivity index (χ0v) is 8.27. The van der Waals surface area contributed by atoms with Crippen LogP contribution in [0, 0.1) is 6.92 Å². The van der Waals surface area contributed by atoms with E-state index in [9.17, 15) is 0 Å². The van der Waals surface area contributed by atoms with Crippen LogP contribution < -0.4 is 5.73 Å². The van der Waals surface area contributed by atoms with Gasteiger partial charge < -0.3 is 10.5 Å². The second-order valence-electron chi connectivity index (χ2n) is 3.61. The third kappa shape index (κ3) is 1.46. The minimum absolute atomic E-state index is 0.283. The van der Waals surface area contributed by atoms with Crippen LogP contribution in [-0.2, 0) is 10.3 Å². The van der Waals surface area contributed by atoms with Gasteiger partial charge in [0.2, 0.25) is 0 Å². The summed E-state index contributed by atoms with van der Waals surface area (Å²) in [6.07, 6.45) is 0. The molecular formula is C10H12ClNO. The Morgan fingerprint density at radius 1 is 1.46 bits per heavy atom. The summed E-state index contributed by atoms with van der Waals surface area (Å²) in [5.74, 6) is 0. The Morgan fingerprint density at radius 2 is 2.15 bits per heavy atom. The van der Waals surface area contributed by atoms with Gasteiger partial charge in [0.15, 0.2) is 0 Å². The number of hydrogen-bond acceptors (Lipinski definition) is 2. The standard InChI is InChI=1S/C10H12ClNO/c1-7-4-8(11)2-3-9(7)10(12)5-13-6-10/h2-4H,5-6,12H2,1H3. The Labute approximate surface area is 82.6 Å². The van der Waals surface area contributed by atoms with Crippen LogP contribution in [0.2, 0.25) is 5.02 Å². The number of ether oxygens (including phenoxy) is 1. The highest BCUT2D eigenvalue weighted by molar-refractivity contribution is 6.30. The lowest BCUT2D eigenvalue weighted by atomic mass is 9.86. The van der Waals surface area contributed by atoms with Crippen LogP contribution in [0.5, 0.6) is 0 Å². The van der Waals surface area contributed by atoms with Crippen molar-refractivity contribution in [3.63, 3.8) is 0 Å². The summed E-state index contributed by atoms with van der Waals surface area (Å²) in [4.78, 5) is 0. The van der Waals surface area contributed by atoms with Gasteiger partial charge in [0, 0.05) is 5.02 Å². The average Bonchev–Trinajstić information content (AvgIpc) is 2.00. The number of halogens is 1. The number of hydrogen-bond donors (Lipinski definition) is 1. The van der Waals surface area contributed by atoms with Crippen LogP contribution in [-0.4, -0.2) is 13.2 Å². The monoisotopic (exact) mass is 197 g/mol. The smallest absolute Gasteiger partial charge is 0.0886 e. The molecule has 0 aliphatic carbocycles. The average molecular weight is 198 g/mol. The highest BCUT2D eigenvalue weighted by atomic mass is 35.5. The van der Waals surface area contributed by atoms with E-state index < -0.39 is 0 Å². The van der Waals surface area contributed by atoms with Gasteiger partial charge in [-0.15, -0.1) is 0 Å². The van der Waals surface area contributed by atoms with E-state index in [0.29, 0.717) is 13.2 Å². The zero-order chi connectivity index (χ0) is 9.47. The fraction of sp³-hybridized carbons (Fsp3) is 0.400. The number of benzene rings is 1. The summed E-state index contributed by atoms with van der Waals surface area (Å²) < 4.78 is 5.12. The molecule has 2 nitrogen and oxygen atoms in total. The van der Waals surface area contributed by atoms with E-state index in [1.165, 1.54) is 0 Å². The SMILES string of the molecule is Cc1cc(Cl)ccc1C1(N)COC1.